The summed E-state index contributed by atoms with van der Waals surface area (Å²) in [5.41, 5.74) is 0.582. The van der Waals surface area contributed by atoms with Crippen molar-refractivity contribution in [2.45, 2.75) is 27.2 Å². The van der Waals surface area contributed by atoms with Gasteiger partial charge in [0.05, 0.1) is 25.0 Å². The van der Waals surface area contributed by atoms with Gasteiger partial charge in [-0.25, -0.2) is 4.79 Å². The molecule has 0 saturated carbocycles. The second kappa shape index (κ2) is 6.70. The van der Waals surface area contributed by atoms with Gasteiger partial charge in [0.1, 0.15) is 0 Å². The molecule has 0 rings (SSSR count). The van der Waals surface area contributed by atoms with Crippen molar-refractivity contribution in [1.29, 1.82) is 0 Å². The highest BCUT2D eigenvalue weighted by molar-refractivity contribution is 5.87. The molecule has 0 aliphatic rings. The highest BCUT2D eigenvalue weighted by Gasteiger charge is 2.07. The lowest BCUT2D eigenvalue weighted by atomic mass is 10.2. The molecule has 0 saturated heterocycles. The zero-order valence-corrected chi connectivity index (χ0v) is 7.92. The Kier molecular flexibility index (Phi) is 6.15. The minimum atomic E-state index is -0.284. The van der Waals surface area contributed by atoms with E-state index in [9.17, 15) is 4.79 Å². The lowest BCUT2D eigenvalue weighted by Crippen LogP contribution is -2.07. The summed E-state index contributed by atoms with van der Waals surface area (Å²) in [4.78, 5) is 11.1. The molecule has 0 aromatic carbocycles. The molecule has 0 heterocycles. The van der Waals surface area contributed by atoms with Crippen molar-refractivity contribution in [1.82, 2.24) is 0 Å². The fraction of sp³-hybridized carbons (Fsp3) is 0.667. The Hall–Kier alpha value is -0.990. The molecule has 0 unspecified atom stereocenters. The smallest absolute Gasteiger partial charge is 0.337 e. The summed E-state index contributed by atoms with van der Waals surface area (Å²) in [6.45, 7) is 6.52. The summed E-state index contributed by atoms with van der Waals surface area (Å²) in [6, 6.07) is 0. The summed E-state index contributed by atoms with van der Waals surface area (Å²) in [5, 5.41) is 0. The van der Waals surface area contributed by atoms with Gasteiger partial charge >= 0.3 is 5.97 Å². The lowest BCUT2D eigenvalue weighted by molar-refractivity contribution is -0.138. The van der Waals surface area contributed by atoms with E-state index in [4.69, 9.17) is 9.47 Å². The van der Waals surface area contributed by atoms with Gasteiger partial charge in [-0.1, -0.05) is 6.92 Å². The molecule has 0 aromatic rings. The van der Waals surface area contributed by atoms with Crippen LogP contribution in [0.1, 0.15) is 27.2 Å². The highest BCUT2D eigenvalue weighted by Crippen LogP contribution is 2.03. The van der Waals surface area contributed by atoms with Crippen LogP contribution in [0, 0.1) is 0 Å². The highest BCUT2D eigenvalue weighted by atomic mass is 16.5. The van der Waals surface area contributed by atoms with Crippen LogP contribution >= 0.6 is 0 Å². The molecule has 0 fully saturated rings. The van der Waals surface area contributed by atoms with Gasteiger partial charge in [0.2, 0.25) is 0 Å². The van der Waals surface area contributed by atoms with Crippen LogP contribution in [0.5, 0.6) is 0 Å². The summed E-state index contributed by atoms with van der Waals surface area (Å²) in [6.07, 6.45) is 2.11. The molecule has 0 N–H and O–H groups in total. The number of hydrogen-bond acceptors (Lipinski definition) is 3. The fourth-order valence-corrected chi connectivity index (χ4v) is 0.684. The maximum Gasteiger partial charge on any atom is 0.337 e. The van der Waals surface area contributed by atoms with Gasteiger partial charge in [0.15, 0.2) is 0 Å². The van der Waals surface area contributed by atoms with E-state index in [0.717, 1.165) is 0 Å². The monoisotopic (exact) mass is 172 g/mol. The van der Waals surface area contributed by atoms with Gasteiger partial charge in [-0.3, -0.25) is 0 Å². The lowest BCUT2D eigenvalue weighted by Gasteiger charge is -2.03. The van der Waals surface area contributed by atoms with Crippen LogP contribution in [0.15, 0.2) is 11.8 Å². The number of hydrogen-bond donors (Lipinski definition) is 0. The number of carbonyl (C=O) groups is 1. The fourth-order valence-electron chi connectivity index (χ4n) is 0.684. The van der Waals surface area contributed by atoms with E-state index < -0.39 is 0 Å². The van der Waals surface area contributed by atoms with E-state index in [0.29, 0.717) is 25.2 Å². The van der Waals surface area contributed by atoms with Gasteiger partial charge in [-0.15, -0.1) is 0 Å². The Morgan fingerprint density at radius 2 is 1.92 bits per heavy atom. The van der Waals surface area contributed by atoms with Crippen molar-refractivity contribution in [3.63, 3.8) is 0 Å². The summed E-state index contributed by atoms with van der Waals surface area (Å²) in [5.74, 6) is -0.284. The molecule has 0 amide bonds. The number of ether oxygens (including phenoxy) is 2. The zero-order chi connectivity index (χ0) is 9.40. The van der Waals surface area contributed by atoms with Crippen LogP contribution in [0.4, 0.5) is 0 Å². The van der Waals surface area contributed by atoms with E-state index in [1.165, 1.54) is 6.26 Å². The van der Waals surface area contributed by atoms with E-state index in [1.54, 1.807) is 6.92 Å². The molecule has 0 radical (unpaired) electrons. The van der Waals surface area contributed by atoms with Crippen molar-refractivity contribution in [3.05, 3.63) is 11.8 Å². The molecule has 70 valence electrons. The Labute approximate surface area is 73.4 Å². The van der Waals surface area contributed by atoms with Gasteiger partial charge in [-0.05, 0) is 20.3 Å². The predicted octanol–water partition coefficient (Wildman–Crippen LogP) is 1.88. The first kappa shape index (κ1) is 11.0. The number of esters is 1. The molecular formula is C9H16O3. The molecule has 0 aliphatic heterocycles. The first-order chi connectivity index (χ1) is 5.76. The average Bonchev–Trinajstić information content (AvgIpc) is 2.06. The standard InChI is InChI=1S/C9H16O3/c1-4-8(7-11-5-2)9(10)12-6-3/h7H,4-6H2,1-3H3/b8-7-. The largest absolute Gasteiger partial charge is 0.501 e. The summed E-state index contributed by atoms with van der Waals surface area (Å²) < 4.78 is 9.80. The molecule has 3 nitrogen and oxygen atoms in total. The summed E-state index contributed by atoms with van der Waals surface area (Å²) >= 11 is 0. The Bertz CT molecular complexity index is 161. The quantitative estimate of drug-likeness (QED) is 0.361. The van der Waals surface area contributed by atoms with Crippen LogP contribution in [0.2, 0.25) is 0 Å². The predicted molar refractivity (Wildman–Crippen MR) is 46.6 cm³/mol. The zero-order valence-electron chi connectivity index (χ0n) is 7.92. The molecule has 0 aromatic heterocycles. The average molecular weight is 172 g/mol. The Balaban J connectivity index is 4.04. The minimum Gasteiger partial charge on any atom is -0.501 e. The van der Waals surface area contributed by atoms with Crippen molar-refractivity contribution < 1.29 is 14.3 Å². The molecule has 0 bridgehead atoms. The Morgan fingerprint density at radius 1 is 1.25 bits per heavy atom. The normalized spacial score (nSPS) is 11.1. The van der Waals surface area contributed by atoms with Crippen LogP contribution in [0.3, 0.4) is 0 Å². The summed E-state index contributed by atoms with van der Waals surface area (Å²) in [7, 11) is 0. The van der Waals surface area contributed by atoms with Crippen LogP contribution in [-0.4, -0.2) is 19.2 Å². The van der Waals surface area contributed by atoms with E-state index in [1.807, 2.05) is 13.8 Å². The third-order valence-electron chi connectivity index (χ3n) is 1.31. The first-order valence-corrected chi connectivity index (χ1v) is 4.23. The van der Waals surface area contributed by atoms with Gasteiger partial charge in [-0.2, -0.15) is 0 Å². The molecule has 0 spiro atoms. The second-order valence-electron chi connectivity index (χ2n) is 2.17. The van der Waals surface area contributed by atoms with Crippen molar-refractivity contribution >= 4 is 5.97 Å². The van der Waals surface area contributed by atoms with Crippen molar-refractivity contribution in [3.8, 4) is 0 Å². The molecule has 0 atom stereocenters. The van der Waals surface area contributed by atoms with Gasteiger partial charge in [0.25, 0.3) is 0 Å². The molecule has 3 heteroatoms. The third-order valence-corrected chi connectivity index (χ3v) is 1.31. The first-order valence-electron chi connectivity index (χ1n) is 4.23. The van der Waals surface area contributed by atoms with Crippen LogP contribution in [0.25, 0.3) is 0 Å². The molecule has 0 aliphatic carbocycles. The maximum atomic E-state index is 11.1. The van der Waals surface area contributed by atoms with Crippen LogP contribution in [-0.2, 0) is 14.3 Å². The second-order valence-corrected chi connectivity index (χ2v) is 2.17. The van der Waals surface area contributed by atoms with Crippen molar-refractivity contribution in [2.75, 3.05) is 13.2 Å². The van der Waals surface area contributed by atoms with Crippen LogP contribution < -0.4 is 0 Å². The third kappa shape index (κ3) is 4.01. The minimum absolute atomic E-state index is 0.284. The van der Waals surface area contributed by atoms with E-state index >= 15 is 0 Å². The van der Waals surface area contributed by atoms with E-state index in [-0.39, 0.29) is 5.97 Å². The number of carbonyl (C=O) groups excluding carboxylic acids is 1. The van der Waals surface area contributed by atoms with Gasteiger partial charge in [0, 0.05) is 0 Å². The Morgan fingerprint density at radius 3 is 2.33 bits per heavy atom. The molecular weight excluding hydrogens is 156 g/mol. The van der Waals surface area contributed by atoms with E-state index in [2.05, 4.69) is 0 Å². The molecule has 12 heavy (non-hydrogen) atoms. The number of rotatable bonds is 5. The maximum absolute atomic E-state index is 11.1. The van der Waals surface area contributed by atoms with Crippen molar-refractivity contribution in [2.24, 2.45) is 0 Å². The van der Waals surface area contributed by atoms with Gasteiger partial charge < -0.3 is 9.47 Å². The topological polar surface area (TPSA) is 35.5 Å². The SMILES string of the molecule is CCO/C=C(/CC)C(=O)OCC.